The highest BCUT2D eigenvalue weighted by molar-refractivity contribution is 6.22. The number of hydrogen-bond acceptors (Lipinski definition) is 8. The first kappa shape index (κ1) is 41.5. The molecule has 7 fully saturated rings. The molecule has 4 bridgehead atoms. The Hall–Kier alpha value is -5.92. The van der Waals surface area contributed by atoms with E-state index in [1.54, 1.807) is 35.4 Å². The molecular formula is C60H60N6O6+2. The fraction of sp³-hybridized carbons (Fsp3) is 0.467. The maximum Gasteiger partial charge on any atom is 0.261 e. The molecule has 2 aliphatic carbocycles. The standard InChI is InChI=1S/C60H60N6O6/c67-53-37-11-1-2-12-38(37)54(68)61(53)23-9-25-65-27-21-59-43-15-5-7-17-45(43)63-51(59)49-41(31-47(59)65)35(33-65)19-29-71-57(49)64-46-18-8-6-16-44(46)60-22-28-66(26-10-24-62-55(69)39-13-3-4-14-40(39)56(62)70)34-36-20-30-72-58(63)50(52(60)64)42(36)32-48(60)66/h1-8,11-20,41-42,47-52,57-58H,9-10,21-34H2/q+2/t41-,42-,47-,48-,49+,50+,51-,52-,57+,58+,59?,60?,65?,66?/m0/s1. The molecule has 11 aliphatic heterocycles. The van der Waals surface area contributed by atoms with Crippen molar-refractivity contribution in [3.8, 4) is 0 Å². The number of nitrogens with zero attached hydrogens (tertiary/aromatic N) is 6. The molecule has 4 aromatic carbocycles. The Morgan fingerprint density at radius 1 is 0.514 bits per heavy atom. The number of para-hydroxylation sites is 2. The summed E-state index contributed by atoms with van der Waals surface area (Å²) in [6, 6.07) is 34.6. The zero-order chi connectivity index (χ0) is 47.6. The van der Waals surface area contributed by atoms with E-state index in [-0.39, 0.29) is 70.8 Å². The molecule has 13 aliphatic rings. The lowest BCUT2D eigenvalue weighted by molar-refractivity contribution is -0.943. The van der Waals surface area contributed by atoms with Crippen molar-refractivity contribution in [2.24, 2.45) is 23.7 Å². The van der Waals surface area contributed by atoms with Gasteiger partial charge in [-0.05, 0) is 58.7 Å². The third kappa shape index (κ3) is 4.73. The van der Waals surface area contributed by atoms with Crippen molar-refractivity contribution in [1.82, 2.24) is 9.80 Å². The van der Waals surface area contributed by atoms with E-state index in [0.717, 1.165) is 86.8 Å². The Labute approximate surface area is 419 Å². The van der Waals surface area contributed by atoms with Crippen LogP contribution in [0, 0.1) is 23.7 Å². The van der Waals surface area contributed by atoms with E-state index in [1.165, 1.54) is 32.3 Å². The lowest BCUT2D eigenvalue weighted by atomic mass is 9.52. The van der Waals surface area contributed by atoms with Crippen molar-refractivity contribution in [2.75, 3.05) is 75.4 Å². The molecule has 17 rings (SSSR count). The zero-order valence-corrected chi connectivity index (χ0v) is 40.6. The summed E-state index contributed by atoms with van der Waals surface area (Å²) in [5, 5.41) is 0. The van der Waals surface area contributed by atoms with Crippen LogP contribution >= 0.6 is 0 Å². The SMILES string of the molecule is O=C1c2ccccc2C(=O)N1CCC[N+]12CCC34c5ccccc5N5[C@@H]6OCC=C7C[N+]8(CCCN9C(=O)c%10ccccc%10C9=O)CCC9%10c%11ccccc%11N([C@@H]%11OCC=C(C1)[C@H](C[C@@H]32)[C@@H]%11[C@H]54)[C@H]9[C@H]6[C@H]7C[C@@H]%108. The second kappa shape index (κ2) is 14.0. The van der Waals surface area contributed by atoms with Crippen LogP contribution in [0.1, 0.15) is 91.1 Å². The van der Waals surface area contributed by atoms with Crippen LogP contribution in [0.5, 0.6) is 0 Å². The summed E-state index contributed by atoms with van der Waals surface area (Å²) >= 11 is 0. The number of hydrogen-bond donors (Lipinski definition) is 0. The van der Waals surface area contributed by atoms with Crippen LogP contribution in [0.4, 0.5) is 11.4 Å². The van der Waals surface area contributed by atoms with Crippen LogP contribution in [0.15, 0.2) is 120 Å². The third-order valence-corrected chi connectivity index (χ3v) is 22.2. The van der Waals surface area contributed by atoms with Crippen LogP contribution in [0.25, 0.3) is 0 Å². The number of anilines is 2. The number of imide groups is 2. The van der Waals surface area contributed by atoms with Gasteiger partial charge in [0, 0.05) is 86.7 Å². The highest BCUT2D eigenvalue weighted by Crippen LogP contribution is 2.72. The van der Waals surface area contributed by atoms with Crippen molar-refractivity contribution >= 4 is 35.0 Å². The maximum absolute atomic E-state index is 13.6. The van der Waals surface area contributed by atoms with Crippen molar-refractivity contribution in [3.63, 3.8) is 0 Å². The number of quaternary nitrogens is 2. The minimum Gasteiger partial charge on any atom is -0.354 e. The predicted octanol–water partition coefficient (Wildman–Crippen LogP) is 6.67. The number of amides is 4. The van der Waals surface area contributed by atoms with Gasteiger partial charge in [0.15, 0.2) is 0 Å². The number of piperidine rings is 2. The van der Waals surface area contributed by atoms with Gasteiger partial charge in [-0.25, -0.2) is 0 Å². The first-order valence-electron chi connectivity index (χ1n) is 27.3. The summed E-state index contributed by atoms with van der Waals surface area (Å²) < 4.78 is 17.3. The molecule has 4 amide bonds. The Morgan fingerprint density at radius 3 is 1.32 bits per heavy atom. The highest BCUT2D eigenvalue weighted by atomic mass is 16.5. The molecule has 0 radical (unpaired) electrons. The van der Waals surface area contributed by atoms with E-state index in [2.05, 4.69) is 70.5 Å². The van der Waals surface area contributed by atoms with Crippen LogP contribution in [-0.4, -0.2) is 145 Å². The quantitative estimate of drug-likeness (QED) is 0.110. The molecule has 5 saturated heterocycles. The number of rotatable bonds is 8. The van der Waals surface area contributed by atoms with E-state index in [4.69, 9.17) is 9.47 Å². The van der Waals surface area contributed by atoms with Gasteiger partial charge in [-0.1, -0.05) is 72.8 Å². The Morgan fingerprint density at radius 2 is 0.903 bits per heavy atom. The van der Waals surface area contributed by atoms with Gasteiger partial charge in [0.2, 0.25) is 0 Å². The number of benzene rings is 4. The lowest BCUT2D eigenvalue weighted by Gasteiger charge is -2.65. The topological polar surface area (TPSA) is 99.7 Å². The molecule has 0 aromatic heterocycles. The van der Waals surface area contributed by atoms with Crippen LogP contribution in [-0.2, 0) is 20.3 Å². The summed E-state index contributed by atoms with van der Waals surface area (Å²) in [6.07, 6.45) is 10.6. The molecule has 12 nitrogen and oxygen atoms in total. The molecule has 4 aromatic rings. The number of fused-ring (bicyclic) bond motifs is 8. The summed E-state index contributed by atoms with van der Waals surface area (Å²) in [5.41, 5.74) is 10.7. The largest absolute Gasteiger partial charge is 0.354 e. The number of ether oxygens (including phenoxy) is 2. The molecule has 0 N–H and O–H groups in total. The van der Waals surface area contributed by atoms with Gasteiger partial charge < -0.3 is 28.2 Å². The lowest BCUT2D eigenvalue weighted by Crippen LogP contribution is -2.78. The van der Waals surface area contributed by atoms with Gasteiger partial charge in [0.05, 0.1) is 84.6 Å². The minimum atomic E-state index is -0.157. The van der Waals surface area contributed by atoms with Crippen molar-refractivity contribution in [2.45, 2.75) is 86.0 Å². The molecule has 14 atom stereocenters. The molecule has 72 heavy (non-hydrogen) atoms. The summed E-state index contributed by atoms with van der Waals surface area (Å²) in [5.74, 6) is 0.471. The molecule has 2 spiro atoms. The second-order valence-corrected chi connectivity index (χ2v) is 24.2. The smallest absolute Gasteiger partial charge is 0.261 e. The molecule has 12 heteroatoms. The average Bonchev–Trinajstić information content (AvgIpc) is 4.17. The summed E-state index contributed by atoms with van der Waals surface area (Å²) in [6.45, 7) is 8.02. The Balaban J connectivity index is 0.772. The summed E-state index contributed by atoms with van der Waals surface area (Å²) in [4.78, 5) is 63.4. The Kier molecular flexibility index (Phi) is 8.09. The average molecular weight is 961 g/mol. The van der Waals surface area contributed by atoms with Crippen molar-refractivity contribution < 1.29 is 37.6 Å². The third-order valence-electron chi connectivity index (χ3n) is 22.2. The monoisotopic (exact) mass is 960 g/mol. The van der Waals surface area contributed by atoms with Gasteiger partial charge >= 0.3 is 0 Å². The fourth-order valence-electron chi connectivity index (χ4n) is 20.0. The van der Waals surface area contributed by atoms with Crippen LogP contribution < -0.4 is 9.80 Å². The van der Waals surface area contributed by atoms with Crippen molar-refractivity contribution in [1.29, 1.82) is 0 Å². The molecule has 2 saturated carbocycles. The van der Waals surface area contributed by atoms with Crippen LogP contribution in [0.3, 0.4) is 0 Å². The van der Waals surface area contributed by atoms with E-state index in [1.807, 2.05) is 24.3 Å². The molecule has 4 unspecified atom stereocenters. The van der Waals surface area contributed by atoms with Gasteiger partial charge in [0.25, 0.3) is 23.6 Å². The van der Waals surface area contributed by atoms with Gasteiger partial charge in [0.1, 0.15) is 37.6 Å². The molecular weight excluding hydrogens is 901 g/mol. The second-order valence-electron chi connectivity index (χ2n) is 24.2. The minimum absolute atomic E-state index is 0.122. The van der Waals surface area contributed by atoms with E-state index >= 15 is 0 Å². The normalized spacial score (nSPS) is 40.0. The van der Waals surface area contributed by atoms with Crippen LogP contribution in [0.2, 0.25) is 0 Å². The predicted molar refractivity (Wildman–Crippen MR) is 267 cm³/mol. The molecule has 11 heterocycles. The molecule has 364 valence electrons. The number of carbonyl (C=O) groups is 4. The maximum atomic E-state index is 13.6. The van der Waals surface area contributed by atoms with Gasteiger partial charge in [-0.3, -0.25) is 29.0 Å². The van der Waals surface area contributed by atoms with Gasteiger partial charge in [-0.15, -0.1) is 0 Å². The van der Waals surface area contributed by atoms with E-state index in [0.29, 0.717) is 72.5 Å². The van der Waals surface area contributed by atoms with E-state index < -0.39 is 0 Å². The van der Waals surface area contributed by atoms with E-state index in [9.17, 15) is 19.2 Å². The van der Waals surface area contributed by atoms with Crippen molar-refractivity contribution in [3.05, 3.63) is 154 Å². The first-order valence-corrected chi connectivity index (χ1v) is 27.3. The van der Waals surface area contributed by atoms with Gasteiger partial charge in [-0.2, -0.15) is 0 Å². The fourth-order valence-corrected chi connectivity index (χ4v) is 20.0. The first-order chi connectivity index (χ1) is 35.3. The Bertz CT molecular complexity index is 2940. The summed E-state index contributed by atoms with van der Waals surface area (Å²) in [7, 11) is 0. The zero-order valence-electron chi connectivity index (χ0n) is 40.6. The number of carbonyl (C=O) groups excluding carboxylic acids is 4. The highest BCUT2D eigenvalue weighted by Gasteiger charge is 2.81.